The number of nitrogens with one attached hydrogen (secondary N) is 2. The number of ether oxygens (including phenoxy) is 1. The van der Waals surface area contributed by atoms with Crippen LogP contribution >= 0.6 is 0 Å². The zero-order valence-corrected chi connectivity index (χ0v) is 14.6. The molecule has 2 aromatic heterocycles. The van der Waals surface area contributed by atoms with E-state index in [0.717, 1.165) is 60.5 Å². The standard InChI is InChI=1S/C19H22N6O/c1-2-13(1)11-26-15-3-4-16-17(7-15)25(12-22-16)19-10-21-9-18(24-19)23-14-5-6-20-8-14/h3-4,7,9-10,12-14,20H,1-2,5-6,8,11H2,(H,23,24)/t14-/m1/s1. The summed E-state index contributed by atoms with van der Waals surface area (Å²) in [6.45, 7) is 2.80. The molecule has 3 aromatic rings. The van der Waals surface area contributed by atoms with Crippen molar-refractivity contribution in [2.75, 3.05) is 25.0 Å². The molecule has 1 saturated carbocycles. The summed E-state index contributed by atoms with van der Waals surface area (Å²) in [5.41, 5.74) is 1.90. The zero-order valence-electron chi connectivity index (χ0n) is 14.6. The number of fused-ring (bicyclic) bond motifs is 1. The normalized spacial score (nSPS) is 19.8. The van der Waals surface area contributed by atoms with Crippen LogP contribution in [0, 0.1) is 5.92 Å². The molecule has 0 spiro atoms. The van der Waals surface area contributed by atoms with Crippen LogP contribution in [0.25, 0.3) is 16.9 Å². The van der Waals surface area contributed by atoms with Crippen LogP contribution in [0.4, 0.5) is 5.82 Å². The predicted molar refractivity (Wildman–Crippen MR) is 99.8 cm³/mol. The Bertz CT molecular complexity index is 913. The minimum atomic E-state index is 0.404. The quantitative estimate of drug-likeness (QED) is 0.711. The summed E-state index contributed by atoms with van der Waals surface area (Å²) in [5.74, 6) is 3.15. The highest BCUT2D eigenvalue weighted by Crippen LogP contribution is 2.30. The molecule has 2 fully saturated rings. The highest BCUT2D eigenvalue weighted by Gasteiger charge is 2.22. The summed E-state index contributed by atoms with van der Waals surface area (Å²) in [7, 11) is 0. The maximum Gasteiger partial charge on any atom is 0.159 e. The molecule has 7 nitrogen and oxygen atoms in total. The molecule has 26 heavy (non-hydrogen) atoms. The number of imidazole rings is 1. The van der Waals surface area contributed by atoms with Gasteiger partial charge in [0, 0.05) is 18.7 Å². The molecule has 1 atom stereocenters. The number of anilines is 1. The molecule has 1 aliphatic carbocycles. The van der Waals surface area contributed by atoms with Gasteiger partial charge < -0.3 is 15.4 Å². The van der Waals surface area contributed by atoms with E-state index < -0.39 is 0 Å². The first-order chi connectivity index (χ1) is 12.8. The van der Waals surface area contributed by atoms with Crippen molar-refractivity contribution in [3.63, 3.8) is 0 Å². The third kappa shape index (κ3) is 3.22. The smallest absolute Gasteiger partial charge is 0.159 e. The first kappa shape index (κ1) is 15.6. The third-order valence-corrected chi connectivity index (χ3v) is 4.98. The number of hydrogen-bond acceptors (Lipinski definition) is 6. The monoisotopic (exact) mass is 350 g/mol. The Kier molecular flexibility index (Phi) is 3.93. The molecule has 7 heteroatoms. The Labute approximate surface area is 151 Å². The molecular weight excluding hydrogens is 328 g/mol. The molecule has 1 aliphatic heterocycles. The van der Waals surface area contributed by atoms with Gasteiger partial charge in [-0.05, 0) is 43.9 Å². The molecule has 2 aliphatic rings. The van der Waals surface area contributed by atoms with Gasteiger partial charge in [0.25, 0.3) is 0 Å². The lowest BCUT2D eigenvalue weighted by Crippen LogP contribution is -2.23. The van der Waals surface area contributed by atoms with Crippen molar-refractivity contribution >= 4 is 16.9 Å². The van der Waals surface area contributed by atoms with Crippen molar-refractivity contribution in [3.05, 3.63) is 36.9 Å². The number of hydrogen-bond donors (Lipinski definition) is 2. The van der Waals surface area contributed by atoms with Crippen LogP contribution in [0.2, 0.25) is 0 Å². The second kappa shape index (κ2) is 6.57. The van der Waals surface area contributed by atoms with Gasteiger partial charge in [0.05, 0.1) is 30.0 Å². The Balaban J connectivity index is 1.42. The Hall–Kier alpha value is -2.67. The third-order valence-electron chi connectivity index (χ3n) is 4.98. The van der Waals surface area contributed by atoms with E-state index in [4.69, 9.17) is 9.72 Å². The van der Waals surface area contributed by atoms with E-state index in [0.29, 0.717) is 6.04 Å². The van der Waals surface area contributed by atoms with Crippen LogP contribution in [0.5, 0.6) is 5.75 Å². The van der Waals surface area contributed by atoms with Crippen molar-refractivity contribution < 1.29 is 4.74 Å². The second-order valence-electron chi connectivity index (χ2n) is 7.12. The minimum absolute atomic E-state index is 0.404. The summed E-state index contributed by atoms with van der Waals surface area (Å²) >= 11 is 0. The summed E-state index contributed by atoms with van der Waals surface area (Å²) in [6.07, 6.45) is 8.99. The lowest BCUT2D eigenvalue weighted by Gasteiger charge is -2.12. The number of benzene rings is 1. The van der Waals surface area contributed by atoms with E-state index in [9.17, 15) is 0 Å². The molecule has 0 amide bonds. The van der Waals surface area contributed by atoms with Gasteiger partial charge in [0.2, 0.25) is 0 Å². The highest BCUT2D eigenvalue weighted by molar-refractivity contribution is 5.78. The summed E-state index contributed by atoms with van der Waals surface area (Å²) < 4.78 is 7.88. The molecule has 2 N–H and O–H groups in total. The first-order valence-corrected chi connectivity index (χ1v) is 9.25. The largest absolute Gasteiger partial charge is 0.493 e. The van der Waals surface area contributed by atoms with Crippen molar-refractivity contribution in [1.29, 1.82) is 0 Å². The molecule has 5 rings (SSSR count). The van der Waals surface area contributed by atoms with Crippen LogP contribution in [-0.2, 0) is 0 Å². The lowest BCUT2D eigenvalue weighted by atomic mass is 10.2. The van der Waals surface area contributed by atoms with Gasteiger partial charge in [0.15, 0.2) is 5.82 Å². The first-order valence-electron chi connectivity index (χ1n) is 9.25. The Morgan fingerprint density at radius 3 is 3.04 bits per heavy atom. The van der Waals surface area contributed by atoms with Crippen molar-refractivity contribution in [1.82, 2.24) is 24.8 Å². The fourth-order valence-electron chi connectivity index (χ4n) is 3.29. The predicted octanol–water partition coefficient (Wildman–Crippen LogP) is 2.38. The maximum absolute atomic E-state index is 5.91. The second-order valence-corrected chi connectivity index (χ2v) is 7.12. The minimum Gasteiger partial charge on any atom is -0.493 e. The van der Waals surface area contributed by atoms with E-state index in [-0.39, 0.29) is 0 Å². The molecular formula is C19H22N6O. The highest BCUT2D eigenvalue weighted by atomic mass is 16.5. The zero-order chi connectivity index (χ0) is 17.3. The number of rotatable bonds is 6. The molecule has 1 saturated heterocycles. The van der Waals surface area contributed by atoms with Gasteiger partial charge in [-0.3, -0.25) is 9.55 Å². The topological polar surface area (TPSA) is 76.9 Å². The van der Waals surface area contributed by atoms with Crippen LogP contribution in [0.1, 0.15) is 19.3 Å². The molecule has 0 radical (unpaired) electrons. The maximum atomic E-state index is 5.91. The van der Waals surface area contributed by atoms with E-state index in [1.807, 2.05) is 22.8 Å². The van der Waals surface area contributed by atoms with Gasteiger partial charge in [0.1, 0.15) is 17.9 Å². The van der Waals surface area contributed by atoms with Crippen molar-refractivity contribution in [2.45, 2.75) is 25.3 Å². The summed E-state index contributed by atoms with van der Waals surface area (Å²) in [6, 6.07) is 6.42. The SMILES string of the molecule is c1cc2ncn(-c3cncc(N[C@@H]4CCNC4)n3)c2cc1OCC1CC1. The lowest BCUT2D eigenvalue weighted by molar-refractivity contribution is 0.300. The van der Waals surface area contributed by atoms with Crippen LogP contribution in [0.3, 0.4) is 0 Å². The van der Waals surface area contributed by atoms with E-state index >= 15 is 0 Å². The molecule has 1 aromatic carbocycles. The number of aromatic nitrogens is 4. The van der Waals surface area contributed by atoms with Crippen molar-refractivity contribution in [3.8, 4) is 11.6 Å². The average Bonchev–Trinajstić information content (AvgIpc) is 3.18. The van der Waals surface area contributed by atoms with Crippen LogP contribution < -0.4 is 15.4 Å². The van der Waals surface area contributed by atoms with Crippen molar-refractivity contribution in [2.24, 2.45) is 5.92 Å². The van der Waals surface area contributed by atoms with Gasteiger partial charge in [-0.2, -0.15) is 0 Å². The van der Waals surface area contributed by atoms with Gasteiger partial charge in [-0.25, -0.2) is 9.97 Å². The molecule has 3 heterocycles. The molecule has 0 unspecified atom stereocenters. The Morgan fingerprint density at radius 1 is 1.23 bits per heavy atom. The van der Waals surface area contributed by atoms with Crippen LogP contribution in [0.15, 0.2) is 36.9 Å². The molecule has 0 bridgehead atoms. The summed E-state index contributed by atoms with van der Waals surface area (Å²) in [4.78, 5) is 13.6. The fourth-order valence-corrected chi connectivity index (χ4v) is 3.29. The van der Waals surface area contributed by atoms with E-state index in [1.54, 1.807) is 18.7 Å². The van der Waals surface area contributed by atoms with E-state index in [1.165, 1.54) is 12.8 Å². The average molecular weight is 350 g/mol. The fraction of sp³-hybridized carbons (Fsp3) is 0.421. The molecule has 134 valence electrons. The van der Waals surface area contributed by atoms with E-state index in [2.05, 4.69) is 20.6 Å². The summed E-state index contributed by atoms with van der Waals surface area (Å²) in [5, 5.41) is 6.80. The Morgan fingerprint density at radius 2 is 2.19 bits per heavy atom. The number of nitrogens with zero attached hydrogens (tertiary/aromatic N) is 4. The van der Waals surface area contributed by atoms with Gasteiger partial charge in [-0.15, -0.1) is 0 Å². The van der Waals surface area contributed by atoms with Gasteiger partial charge in [-0.1, -0.05) is 0 Å². The van der Waals surface area contributed by atoms with Gasteiger partial charge >= 0.3 is 0 Å². The van der Waals surface area contributed by atoms with Crippen LogP contribution in [-0.4, -0.2) is 45.3 Å².